The Bertz CT molecular complexity index is 3840. The quantitative estimate of drug-likeness (QED) is 0.120. The molecule has 7 heteroatoms. The molecule has 14 rings (SSSR count). The van der Waals surface area contributed by atoms with Crippen molar-refractivity contribution in [2.75, 3.05) is 24.5 Å². The van der Waals surface area contributed by atoms with Gasteiger partial charge in [-0.15, -0.1) is 0 Å². The van der Waals surface area contributed by atoms with Crippen molar-refractivity contribution in [2.24, 2.45) is 0 Å². The summed E-state index contributed by atoms with van der Waals surface area (Å²) in [5.74, 6) is 1.83. The summed E-state index contributed by atoms with van der Waals surface area (Å²) in [4.78, 5) is 12.4. The van der Waals surface area contributed by atoms with Gasteiger partial charge in [-0.1, -0.05) is 0 Å². The fourth-order valence-corrected chi connectivity index (χ4v) is 23.1. The van der Waals surface area contributed by atoms with Gasteiger partial charge in [0.15, 0.2) is 0 Å². The molecule has 0 fully saturated rings. The monoisotopic (exact) mass is 1250 g/mol. The Morgan fingerprint density at radius 2 is 0.457 bits per heavy atom. The van der Waals surface area contributed by atoms with Crippen LogP contribution in [0.25, 0.3) is 0 Å². The molecule has 394 valence electrons. The van der Waals surface area contributed by atoms with E-state index in [2.05, 4.69) is 310 Å². The van der Waals surface area contributed by atoms with Gasteiger partial charge in [-0.2, -0.15) is 0 Å². The number of hydrogen-bond acceptors (Lipinski definition) is 6. The predicted octanol–water partition coefficient (Wildman–Crippen LogP) is 18.8. The molecule has 6 nitrogen and oxygen atoms in total. The average molecular weight is 1250 g/mol. The van der Waals surface area contributed by atoms with E-state index in [0.717, 1.165) is 85.4 Å². The minimum absolute atomic E-state index is 0.917. The van der Waals surface area contributed by atoms with Crippen LogP contribution in [0, 0.1) is 55.4 Å². The van der Waals surface area contributed by atoms with Gasteiger partial charge in [-0.25, -0.2) is 0 Å². The molecule has 0 aromatic heterocycles. The normalized spacial score (nSPS) is 12.7. The molecule has 0 saturated carbocycles. The van der Waals surface area contributed by atoms with Gasteiger partial charge in [0, 0.05) is 0 Å². The van der Waals surface area contributed by atoms with E-state index < -0.39 is 21.8 Å². The number of rotatable bonds is 11. The molecule has 0 radical (unpaired) electrons. The van der Waals surface area contributed by atoms with Crippen LogP contribution < -0.4 is 39.1 Å². The Kier molecular flexibility index (Phi) is 12.4. The van der Waals surface area contributed by atoms with Crippen LogP contribution in [0.4, 0.5) is 85.3 Å². The summed E-state index contributed by atoms with van der Waals surface area (Å²) < 4.78 is 11.9. The number of ether oxygens (including phenoxy) is 1. The molecule has 0 aliphatic carbocycles. The van der Waals surface area contributed by atoms with Gasteiger partial charge in [0.05, 0.1) is 0 Å². The fraction of sp³-hybridized carbons (Fsp3) is 0.108. The second-order valence-electron chi connectivity index (χ2n) is 22.3. The van der Waals surface area contributed by atoms with E-state index in [0.29, 0.717) is 0 Å². The zero-order valence-corrected chi connectivity index (χ0v) is 50.5. The van der Waals surface area contributed by atoms with Crippen molar-refractivity contribution in [3.05, 3.63) is 275 Å². The van der Waals surface area contributed by atoms with E-state index in [4.69, 9.17) is 4.74 Å². The SMILES string of the molecule is Cc1ccc(N(c2ccc(C)cc2)c2cc3[c]4c(c2)N(c2ccc(C)cc2)c2cc(N(c5ccc(C)cc5)c5ccc(C)cc5)cc5[c]2[Bi]4[c]2c(cc(N(c4ccc(C)cc4)c4ccc(C)cc4)cc2N5c2ccc(C)cc2)O3)cc1. The maximum atomic E-state index is 7.79. The molecule has 0 unspecified atom stereocenters. The molecule has 0 amide bonds. The molecule has 0 spiro atoms. The number of benzene rings is 11. The van der Waals surface area contributed by atoms with Crippen LogP contribution in [0.3, 0.4) is 0 Å². The first-order valence-electron chi connectivity index (χ1n) is 28.0. The van der Waals surface area contributed by atoms with Crippen molar-refractivity contribution in [2.45, 2.75) is 55.4 Å². The van der Waals surface area contributed by atoms with Crippen molar-refractivity contribution in [1.82, 2.24) is 0 Å². The second-order valence-corrected chi connectivity index (χ2v) is 30.1. The third-order valence-corrected chi connectivity index (χ3v) is 26.6. The van der Waals surface area contributed by atoms with E-state index in [1.807, 2.05) is 0 Å². The zero-order chi connectivity index (χ0) is 55.2. The molecule has 11 aromatic rings. The van der Waals surface area contributed by atoms with Gasteiger partial charge >= 0.3 is 488 Å². The van der Waals surface area contributed by atoms with Crippen LogP contribution in [0.5, 0.6) is 11.5 Å². The fourth-order valence-electron chi connectivity index (χ4n) is 11.8. The van der Waals surface area contributed by atoms with E-state index in [1.54, 1.807) is 0 Å². The van der Waals surface area contributed by atoms with Gasteiger partial charge in [-0.05, 0) is 0 Å². The zero-order valence-electron chi connectivity index (χ0n) is 47.0. The first-order valence-corrected chi connectivity index (χ1v) is 33.2. The van der Waals surface area contributed by atoms with Crippen molar-refractivity contribution >= 4 is 117 Å². The average Bonchev–Trinajstić information content (AvgIpc) is 2.51. The van der Waals surface area contributed by atoms with Crippen LogP contribution in [0.2, 0.25) is 0 Å². The Morgan fingerprint density at radius 1 is 0.247 bits per heavy atom. The van der Waals surface area contributed by atoms with Crippen molar-refractivity contribution in [1.29, 1.82) is 0 Å². The first-order chi connectivity index (χ1) is 39.4. The topological polar surface area (TPSA) is 25.4 Å². The number of aryl methyl sites for hydroxylation is 8. The summed E-state index contributed by atoms with van der Waals surface area (Å²) in [6, 6.07) is 86.5. The third-order valence-electron chi connectivity index (χ3n) is 16.1. The van der Waals surface area contributed by atoms with Crippen molar-refractivity contribution in [3.8, 4) is 11.5 Å². The summed E-state index contributed by atoms with van der Waals surface area (Å²) in [6.45, 7) is 17.3. The number of anilines is 15. The summed E-state index contributed by atoms with van der Waals surface area (Å²) in [6.07, 6.45) is 0. The molecule has 3 aliphatic rings. The van der Waals surface area contributed by atoms with E-state index in [1.165, 1.54) is 65.7 Å². The number of hydrogen-bond donors (Lipinski definition) is 0. The van der Waals surface area contributed by atoms with Crippen LogP contribution in [0.15, 0.2) is 231 Å². The minimum atomic E-state index is -3.53. The van der Waals surface area contributed by atoms with Gasteiger partial charge in [0.2, 0.25) is 0 Å². The second kappa shape index (κ2) is 20.0. The van der Waals surface area contributed by atoms with Crippen LogP contribution in [-0.2, 0) is 0 Å². The third kappa shape index (κ3) is 8.92. The molecule has 0 N–H and O–H groups in total. The standard InChI is InChI=1S/C74H62N5O.Bi/c1-50-9-25-58(26-10-50)75(59-27-11-51(2)12-28-59)66-41-67-43-68(42-66)79(65-39-23-57(8)24-40-65)72-45-70(77(62-33-17-54(5)18-34-62)63-35-19-55(6)20-36-63)47-74(49-72)80-73-46-69(44-71(48-73)78(67)64-37-21-56(7)22-38-64)76(60-29-13-52(3)14-30-60)61-31-15-53(4)16-32-61;/h9-42,44-47H,1-8H3;. The van der Waals surface area contributed by atoms with Crippen LogP contribution in [-0.4, -0.2) is 21.8 Å². The molecule has 0 bridgehead atoms. The first kappa shape index (κ1) is 50.3. The van der Waals surface area contributed by atoms with Gasteiger partial charge in [0.25, 0.3) is 0 Å². The van der Waals surface area contributed by atoms with Crippen molar-refractivity contribution < 1.29 is 4.74 Å². The summed E-state index contributed by atoms with van der Waals surface area (Å²) >= 11 is -3.53. The van der Waals surface area contributed by atoms with E-state index >= 15 is 0 Å². The molecular weight excluding hydrogens is 1180 g/mol. The maximum absolute atomic E-state index is 7.79. The Labute approximate surface area is 484 Å². The molecule has 0 atom stereocenters. The Balaban J connectivity index is 1.12. The Hall–Kier alpha value is -8.90. The van der Waals surface area contributed by atoms with Crippen LogP contribution in [0.1, 0.15) is 44.5 Å². The molecule has 11 aromatic carbocycles. The van der Waals surface area contributed by atoms with Crippen LogP contribution >= 0.6 is 0 Å². The number of nitrogens with zero attached hydrogens (tertiary/aromatic N) is 5. The summed E-state index contributed by atoms with van der Waals surface area (Å²) in [5, 5.41) is 0. The molecule has 3 aliphatic heterocycles. The predicted molar refractivity (Wildman–Crippen MR) is 342 cm³/mol. The molecular formula is C74H62BiN5O. The summed E-state index contributed by atoms with van der Waals surface area (Å²) in [5.41, 5.74) is 26.2. The van der Waals surface area contributed by atoms with E-state index in [-0.39, 0.29) is 0 Å². The van der Waals surface area contributed by atoms with Crippen molar-refractivity contribution in [3.63, 3.8) is 0 Å². The molecule has 81 heavy (non-hydrogen) atoms. The molecule has 3 heterocycles. The summed E-state index contributed by atoms with van der Waals surface area (Å²) in [7, 11) is 0. The van der Waals surface area contributed by atoms with E-state index in [9.17, 15) is 0 Å². The van der Waals surface area contributed by atoms with Gasteiger partial charge in [0.1, 0.15) is 0 Å². The van der Waals surface area contributed by atoms with Gasteiger partial charge < -0.3 is 0 Å². The van der Waals surface area contributed by atoms with Gasteiger partial charge in [-0.3, -0.25) is 0 Å². The Morgan fingerprint density at radius 3 is 0.704 bits per heavy atom. The molecule has 0 saturated heterocycles.